The lowest BCUT2D eigenvalue weighted by molar-refractivity contribution is -0.139. The van der Waals surface area contributed by atoms with E-state index in [1.165, 1.54) is 14.2 Å². The van der Waals surface area contributed by atoms with Gasteiger partial charge in [-0.05, 0) is 11.6 Å². The van der Waals surface area contributed by atoms with E-state index in [1.54, 1.807) is 30.4 Å². The first-order valence-corrected chi connectivity index (χ1v) is 5.09. The molecule has 0 saturated heterocycles. The second-order valence-electron chi connectivity index (χ2n) is 3.26. The Labute approximate surface area is 99.8 Å². The molecule has 0 bridgehead atoms. The van der Waals surface area contributed by atoms with Gasteiger partial charge in [0.05, 0.1) is 26.2 Å². The summed E-state index contributed by atoms with van der Waals surface area (Å²) in [5.41, 5.74) is 1.18. The number of ether oxygens (including phenoxy) is 2. The van der Waals surface area contributed by atoms with Gasteiger partial charge < -0.3 is 9.47 Å². The lowest BCUT2D eigenvalue weighted by Crippen LogP contribution is -2.03. The largest absolute Gasteiger partial charge is 0.469 e. The van der Waals surface area contributed by atoms with Crippen LogP contribution in [0.5, 0.6) is 0 Å². The molecule has 1 rings (SSSR count). The Kier molecular flexibility index (Phi) is 4.94. The molecule has 0 unspecified atom stereocenters. The number of methoxy groups -OCH3 is 2. The molecule has 0 aromatic heterocycles. The van der Waals surface area contributed by atoms with Crippen molar-refractivity contribution in [3.8, 4) is 0 Å². The van der Waals surface area contributed by atoms with Crippen molar-refractivity contribution in [1.29, 1.82) is 0 Å². The fraction of sp³-hybridized carbons (Fsp3) is 0.231. The Bertz CT molecular complexity index is 435. The van der Waals surface area contributed by atoms with Crippen LogP contribution in [0.4, 0.5) is 0 Å². The first-order chi connectivity index (χ1) is 8.19. The number of hydrogen-bond acceptors (Lipinski definition) is 4. The van der Waals surface area contributed by atoms with Crippen LogP contribution in [0.3, 0.4) is 0 Å². The summed E-state index contributed by atoms with van der Waals surface area (Å²) in [6.07, 6.45) is 3.52. The number of carbonyl (C=O) groups excluding carboxylic acids is 2. The molecule has 1 aromatic rings. The van der Waals surface area contributed by atoms with E-state index in [9.17, 15) is 9.59 Å². The second kappa shape index (κ2) is 6.48. The molecule has 0 spiro atoms. The van der Waals surface area contributed by atoms with Gasteiger partial charge in [0.1, 0.15) is 0 Å². The Morgan fingerprint density at radius 1 is 1.18 bits per heavy atom. The molecule has 0 radical (unpaired) electrons. The Balaban J connectivity index is 2.83. The third-order valence-corrected chi connectivity index (χ3v) is 2.18. The van der Waals surface area contributed by atoms with E-state index in [0.717, 1.165) is 0 Å². The molecular weight excluding hydrogens is 220 g/mol. The number of hydrogen-bond donors (Lipinski definition) is 0. The van der Waals surface area contributed by atoms with Gasteiger partial charge in [0.2, 0.25) is 0 Å². The van der Waals surface area contributed by atoms with Crippen LogP contribution >= 0.6 is 0 Å². The molecular formula is C13H14O4. The van der Waals surface area contributed by atoms with E-state index in [2.05, 4.69) is 9.47 Å². The summed E-state index contributed by atoms with van der Waals surface area (Å²) in [7, 11) is 2.66. The minimum absolute atomic E-state index is 0.173. The Hall–Kier alpha value is -2.10. The molecule has 0 fully saturated rings. The highest BCUT2D eigenvalue weighted by atomic mass is 16.5. The quantitative estimate of drug-likeness (QED) is 0.748. The predicted octanol–water partition coefficient (Wildman–Crippen LogP) is 2.05. The smallest absolute Gasteiger partial charge is 0.338 e. The van der Waals surface area contributed by atoms with E-state index < -0.39 is 5.97 Å². The molecule has 90 valence electrons. The zero-order valence-corrected chi connectivity index (χ0v) is 9.80. The van der Waals surface area contributed by atoms with Gasteiger partial charge >= 0.3 is 11.9 Å². The maximum Gasteiger partial charge on any atom is 0.338 e. The summed E-state index contributed by atoms with van der Waals surface area (Å²) < 4.78 is 9.17. The van der Waals surface area contributed by atoms with E-state index in [0.29, 0.717) is 11.1 Å². The first-order valence-electron chi connectivity index (χ1n) is 5.09. The van der Waals surface area contributed by atoms with Crippen LogP contribution in [-0.2, 0) is 14.3 Å². The van der Waals surface area contributed by atoms with Crippen LogP contribution in [-0.4, -0.2) is 26.2 Å². The maximum atomic E-state index is 11.4. The summed E-state index contributed by atoms with van der Waals surface area (Å²) in [5, 5.41) is 0. The molecule has 17 heavy (non-hydrogen) atoms. The zero-order chi connectivity index (χ0) is 12.7. The summed E-state index contributed by atoms with van der Waals surface area (Å²) >= 11 is 0. The van der Waals surface area contributed by atoms with Gasteiger partial charge in [0.25, 0.3) is 0 Å². The minimum Gasteiger partial charge on any atom is -0.469 e. The van der Waals surface area contributed by atoms with Crippen molar-refractivity contribution in [3.05, 3.63) is 41.5 Å². The van der Waals surface area contributed by atoms with Gasteiger partial charge in [-0.1, -0.05) is 30.4 Å². The Morgan fingerprint density at radius 2 is 1.88 bits per heavy atom. The van der Waals surface area contributed by atoms with Crippen LogP contribution in [0.2, 0.25) is 0 Å². The average Bonchev–Trinajstić information content (AvgIpc) is 2.38. The summed E-state index contributed by atoms with van der Waals surface area (Å²) in [4.78, 5) is 22.4. The highest BCUT2D eigenvalue weighted by Crippen LogP contribution is 2.12. The third-order valence-electron chi connectivity index (χ3n) is 2.18. The maximum absolute atomic E-state index is 11.4. The second-order valence-corrected chi connectivity index (χ2v) is 3.26. The zero-order valence-electron chi connectivity index (χ0n) is 9.80. The number of rotatable bonds is 4. The monoisotopic (exact) mass is 234 g/mol. The van der Waals surface area contributed by atoms with E-state index in [-0.39, 0.29) is 12.4 Å². The molecule has 1 aromatic carbocycles. The summed E-state index contributed by atoms with van der Waals surface area (Å²) in [6, 6.07) is 7.01. The lowest BCUT2D eigenvalue weighted by atomic mass is 10.1. The van der Waals surface area contributed by atoms with Crippen molar-refractivity contribution in [3.63, 3.8) is 0 Å². The third kappa shape index (κ3) is 3.75. The SMILES string of the molecule is COC(=O)CC=Cc1ccccc1C(=O)OC. The molecule has 0 atom stereocenters. The lowest BCUT2D eigenvalue weighted by Gasteiger charge is -2.03. The van der Waals surface area contributed by atoms with Gasteiger partial charge in [-0.25, -0.2) is 4.79 Å². The molecule has 0 amide bonds. The molecule has 0 aliphatic carbocycles. The van der Waals surface area contributed by atoms with Crippen molar-refractivity contribution < 1.29 is 19.1 Å². The van der Waals surface area contributed by atoms with Gasteiger partial charge in [-0.15, -0.1) is 0 Å². The van der Waals surface area contributed by atoms with Gasteiger partial charge in [0.15, 0.2) is 0 Å². The van der Waals surface area contributed by atoms with Gasteiger partial charge in [0, 0.05) is 0 Å². The van der Waals surface area contributed by atoms with Crippen LogP contribution < -0.4 is 0 Å². The molecule has 0 heterocycles. The molecule has 0 aliphatic rings. The van der Waals surface area contributed by atoms with Crippen molar-refractivity contribution in [2.75, 3.05) is 14.2 Å². The van der Waals surface area contributed by atoms with E-state index >= 15 is 0 Å². The van der Waals surface area contributed by atoms with Gasteiger partial charge in [-0.2, -0.15) is 0 Å². The number of esters is 2. The fourth-order valence-electron chi connectivity index (χ4n) is 1.30. The molecule has 4 nitrogen and oxygen atoms in total. The molecule has 0 saturated carbocycles. The normalized spacial score (nSPS) is 10.2. The molecule has 0 N–H and O–H groups in total. The standard InChI is InChI=1S/C13H14O4/c1-16-12(14)9-5-7-10-6-3-4-8-11(10)13(15)17-2/h3-8H,9H2,1-2H3. The molecule has 0 aliphatic heterocycles. The minimum atomic E-state index is -0.400. The number of carbonyl (C=O) groups is 2. The molecule has 4 heteroatoms. The summed E-state index contributed by atoms with van der Waals surface area (Å²) in [6.45, 7) is 0. The fourth-order valence-corrected chi connectivity index (χ4v) is 1.30. The van der Waals surface area contributed by atoms with Gasteiger partial charge in [-0.3, -0.25) is 4.79 Å². The predicted molar refractivity (Wildman–Crippen MR) is 63.4 cm³/mol. The topological polar surface area (TPSA) is 52.6 Å². The van der Waals surface area contributed by atoms with Crippen molar-refractivity contribution in [2.45, 2.75) is 6.42 Å². The van der Waals surface area contributed by atoms with E-state index in [1.807, 2.05) is 6.07 Å². The summed E-state index contributed by atoms with van der Waals surface area (Å²) in [5.74, 6) is -0.722. The Morgan fingerprint density at radius 3 is 2.53 bits per heavy atom. The van der Waals surface area contributed by atoms with Crippen LogP contribution in [0.25, 0.3) is 6.08 Å². The van der Waals surface area contributed by atoms with E-state index in [4.69, 9.17) is 0 Å². The highest BCUT2D eigenvalue weighted by Gasteiger charge is 2.08. The number of benzene rings is 1. The van der Waals surface area contributed by atoms with Crippen LogP contribution in [0.1, 0.15) is 22.3 Å². The highest BCUT2D eigenvalue weighted by molar-refractivity contribution is 5.93. The van der Waals surface area contributed by atoms with Crippen molar-refractivity contribution >= 4 is 18.0 Å². The van der Waals surface area contributed by atoms with Crippen molar-refractivity contribution in [2.24, 2.45) is 0 Å². The average molecular weight is 234 g/mol. The van der Waals surface area contributed by atoms with Crippen LogP contribution in [0.15, 0.2) is 30.3 Å². The van der Waals surface area contributed by atoms with Crippen molar-refractivity contribution in [1.82, 2.24) is 0 Å². The first kappa shape index (κ1) is 13.0. The van der Waals surface area contributed by atoms with Crippen LogP contribution in [0, 0.1) is 0 Å².